The molecule has 0 aliphatic carbocycles. The van der Waals surface area contributed by atoms with E-state index in [1.165, 1.54) is 16.7 Å². The highest BCUT2D eigenvalue weighted by molar-refractivity contribution is 7.09. The number of thiazole rings is 1. The quantitative estimate of drug-likeness (QED) is 0.614. The van der Waals surface area contributed by atoms with Crippen molar-refractivity contribution in [3.05, 3.63) is 76.1 Å². The molecule has 4 nitrogen and oxygen atoms in total. The Balaban J connectivity index is 1.25. The Labute approximate surface area is 181 Å². The van der Waals surface area contributed by atoms with Crippen LogP contribution in [-0.2, 0) is 11.2 Å². The number of benzene rings is 2. The molecule has 0 bridgehead atoms. The van der Waals surface area contributed by atoms with Gasteiger partial charge in [0.15, 0.2) is 0 Å². The lowest BCUT2D eigenvalue weighted by atomic mass is 9.99. The smallest absolute Gasteiger partial charge is 0.241 e. The number of aryl methyl sites for hydroxylation is 1. The normalized spacial score (nSPS) is 16.4. The highest BCUT2D eigenvalue weighted by Crippen LogP contribution is 2.33. The van der Waals surface area contributed by atoms with Crippen molar-refractivity contribution in [2.45, 2.75) is 19.8 Å². The number of carbonyl (C=O) groups excluding carboxylic acids is 1. The zero-order valence-corrected chi connectivity index (χ0v) is 18.0. The van der Waals surface area contributed by atoms with Crippen molar-refractivity contribution >= 4 is 28.5 Å². The first-order chi connectivity index (χ1) is 14.7. The van der Waals surface area contributed by atoms with Crippen LogP contribution in [0.4, 0.5) is 5.69 Å². The Hall–Kier alpha value is -2.76. The Kier molecular flexibility index (Phi) is 5.23. The van der Waals surface area contributed by atoms with Gasteiger partial charge in [0.1, 0.15) is 0 Å². The van der Waals surface area contributed by atoms with Gasteiger partial charge < -0.3 is 4.90 Å². The topological polar surface area (TPSA) is 36.4 Å². The summed E-state index contributed by atoms with van der Waals surface area (Å²) in [7, 11) is 0. The minimum Gasteiger partial charge on any atom is -0.311 e. The highest BCUT2D eigenvalue weighted by atomic mass is 32.1. The van der Waals surface area contributed by atoms with Crippen molar-refractivity contribution in [2.24, 2.45) is 0 Å². The lowest BCUT2D eigenvalue weighted by Crippen LogP contribution is -2.41. The molecule has 2 aromatic carbocycles. The van der Waals surface area contributed by atoms with Crippen LogP contribution in [0.2, 0.25) is 0 Å². The summed E-state index contributed by atoms with van der Waals surface area (Å²) >= 11 is 1.67. The summed E-state index contributed by atoms with van der Waals surface area (Å²) in [5.41, 5.74) is 7.16. The van der Waals surface area contributed by atoms with Crippen molar-refractivity contribution < 1.29 is 4.79 Å². The molecule has 3 heterocycles. The summed E-state index contributed by atoms with van der Waals surface area (Å²) in [6, 6.07) is 16.9. The average Bonchev–Trinajstić information content (AvgIpc) is 3.40. The molecule has 1 aromatic heterocycles. The molecule has 0 atom stereocenters. The van der Waals surface area contributed by atoms with Crippen LogP contribution in [0, 0.1) is 6.92 Å². The minimum atomic E-state index is 0.197. The number of anilines is 1. The second-order valence-corrected chi connectivity index (χ2v) is 9.03. The van der Waals surface area contributed by atoms with Gasteiger partial charge in [0.05, 0.1) is 17.2 Å². The number of hydrogen-bond acceptors (Lipinski definition) is 4. The van der Waals surface area contributed by atoms with Crippen LogP contribution in [-0.4, -0.2) is 42.0 Å². The number of nitrogens with zero attached hydrogens (tertiary/aromatic N) is 3. The maximum Gasteiger partial charge on any atom is 0.241 e. The van der Waals surface area contributed by atoms with E-state index in [9.17, 15) is 4.79 Å². The molecule has 0 N–H and O–H groups in total. The summed E-state index contributed by atoms with van der Waals surface area (Å²) < 4.78 is 0. The first kappa shape index (κ1) is 19.2. The monoisotopic (exact) mass is 415 g/mol. The van der Waals surface area contributed by atoms with E-state index >= 15 is 0 Å². The molecule has 0 spiro atoms. The lowest BCUT2D eigenvalue weighted by Gasteiger charge is -2.28. The van der Waals surface area contributed by atoms with Gasteiger partial charge in [-0.25, -0.2) is 4.98 Å². The van der Waals surface area contributed by atoms with Gasteiger partial charge in [-0.3, -0.25) is 9.69 Å². The van der Waals surface area contributed by atoms with Crippen LogP contribution in [0.5, 0.6) is 0 Å². The third-order valence-corrected chi connectivity index (χ3v) is 6.76. The molecule has 152 valence electrons. The Morgan fingerprint density at radius 2 is 1.93 bits per heavy atom. The highest BCUT2D eigenvalue weighted by Gasteiger charge is 2.27. The first-order valence-electron chi connectivity index (χ1n) is 10.5. The van der Waals surface area contributed by atoms with E-state index in [1.807, 2.05) is 17.9 Å². The fourth-order valence-corrected chi connectivity index (χ4v) is 4.98. The van der Waals surface area contributed by atoms with E-state index in [0.717, 1.165) is 54.4 Å². The molecule has 3 aromatic rings. The second-order valence-electron chi connectivity index (χ2n) is 7.97. The lowest BCUT2D eigenvalue weighted by molar-refractivity contribution is -0.119. The molecule has 5 rings (SSSR count). The Bertz CT molecular complexity index is 1100. The van der Waals surface area contributed by atoms with Crippen LogP contribution < -0.4 is 4.90 Å². The molecule has 30 heavy (non-hydrogen) atoms. The zero-order valence-electron chi connectivity index (χ0n) is 17.2. The number of carbonyl (C=O) groups is 1. The molecule has 0 fully saturated rings. The van der Waals surface area contributed by atoms with Gasteiger partial charge >= 0.3 is 0 Å². The van der Waals surface area contributed by atoms with Gasteiger partial charge in [0.25, 0.3) is 0 Å². The summed E-state index contributed by atoms with van der Waals surface area (Å²) in [5.74, 6) is 0.197. The Morgan fingerprint density at radius 3 is 2.67 bits per heavy atom. The molecule has 0 radical (unpaired) electrons. The minimum absolute atomic E-state index is 0.197. The van der Waals surface area contributed by atoms with Crippen molar-refractivity contribution in [3.8, 4) is 11.3 Å². The van der Waals surface area contributed by atoms with Crippen molar-refractivity contribution in [1.29, 1.82) is 0 Å². The predicted octanol–water partition coefficient (Wildman–Crippen LogP) is 4.80. The molecule has 0 saturated heterocycles. The number of aromatic nitrogens is 1. The molecule has 2 aliphatic heterocycles. The van der Waals surface area contributed by atoms with E-state index < -0.39 is 0 Å². The van der Waals surface area contributed by atoms with Gasteiger partial charge in [-0.05, 0) is 48.6 Å². The number of amides is 1. The third-order valence-electron chi connectivity index (χ3n) is 5.99. The van der Waals surface area contributed by atoms with Crippen LogP contribution in [0.15, 0.2) is 60.0 Å². The predicted molar refractivity (Wildman–Crippen MR) is 124 cm³/mol. The second kappa shape index (κ2) is 8.17. The van der Waals surface area contributed by atoms with Crippen LogP contribution in [0.1, 0.15) is 22.6 Å². The third kappa shape index (κ3) is 3.83. The molecule has 0 saturated carbocycles. The van der Waals surface area contributed by atoms with E-state index in [4.69, 9.17) is 0 Å². The van der Waals surface area contributed by atoms with Crippen LogP contribution >= 0.6 is 11.3 Å². The van der Waals surface area contributed by atoms with Gasteiger partial charge in [0, 0.05) is 36.3 Å². The van der Waals surface area contributed by atoms with E-state index in [-0.39, 0.29) is 5.91 Å². The fraction of sp³-hybridized carbons (Fsp3) is 0.280. The van der Waals surface area contributed by atoms with Crippen molar-refractivity contribution in [2.75, 3.05) is 31.1 Å². The van der Waals surface area contributed by atoms with Crippen molar-refractivity contribution in [3.63, 3.8) is 0 Å². The molecule has 5 heteroatoms. The number of fused-ring (bicyclic) bond motifs is 1. The van der Waals surface area contributed by atoms with Gasteiger partial charge in [0.2, 0.25) is 5.91 Å². The molecular weight excluding hydrogens is 390 g/mol. The Morgan fingerprint density at radius 1 is 1.07 bits per heavy atom. The summed E-state index contributed by atoms with van der Waals surface area (Å²) in [4.78, 5) is 21.8. The SMILES string of the molecule is Cc1nc(-c2ccc3c(c2)CCN3C(=O)CN2CC=C(c3ccccc3)CC2)cs1. The molecular formula is C25H25N3OS. The summed E-state index contributed by atoms with van der Waals surface area (Å²) in [6.45, 7) is 5.03. The van der Waals surface area contributed by atoms with Gasteiger partial charge in [-0.1, -0.05) is 42.5 Å². The molecule has 1 amide bonds. The van der Waals surface area contributed by atoms with E-state index in [0.29, 0.717) is 6.54 Å². The molecule has 0 unspecified atom stereocenters. The van der Waals surface area contributed by atoms with Crippen LogP contribution in [0.25, 0.3) is 16.8 Å². The zero-order chi connectivity index (χ0) is 20.5. The average molecular weight is 416 g/mol. The van der Waals surface area contributed by atoms with Gasteiger partial charge in [-0.2, -0.15) is 0 Å². The van der Waals surface area contributed by atoms with Crippen LogP contribution in [0.3, 0.4) is 0 Å². The largest absolute Gasteiger partial charge is 0.311 e. The van der Waals surface area contributed by atoms with E-state index in [2.05, 4.69) is 63.8 Å². The number of hydrogen-bond donors (Lipinski definition) is 0. The maximum atomic E-state index is 13.0. The van der Waals surface area contributed by atoms with Gasteiger partial charge in [-0.15, -0.1) is 11.3 Å². The summed E-state index contributed by atoms with van der Waals surface area (Å²) in [6.07, 6.45) is 4.17. The first-order valence-corrected chi connectivity index (χ1v) is 11.4. The standard InChI is InChI=1S/C25H25N3OS/c1-18-26-23(17-30-18)21-7-8-24-22(15-21)11-14-28(24)25(29)16-27-12-9-20(10-13-27)19-5-3-2-4-6-19/h2-9,15,17H,10-14,16H2,1H3. The fourth-order valence-electron chi connectivity index (χ4n) is 4.36. The van der Waals surface area contributed by atoms with E-state index in [1.54, 1.807) is 11.3 Å². The summed E-state index contributed by atoms with van der Waals surface area (Å²) in [5, 5.41) is 3.18. The number of rotatable bonds is 4. The molecule has 2 aliphatic rings. The maximum absolute atomic E-state index is 13.0. The van der Waals surface area contributed by atoms with Crippen molar-refractivity contribution in [1.82, 2.24) is 9.88 Å².